The molecule has 7 heteroatoms. The van der Waals surface area contributed by atoms with Crippen molar-refractivity contribution in [2.45, 2.75) is 26.3 Å². The van der Waals surface area contributed by atoms with Gasteiger partial charge in [-0.3, -0.25) is 19.7 Å². The maximum atomic E-state index is 11.9. The van der Waals surface area contributed by atoms with Gasteiger partial charge in [0.05, 0.1) is 11.3 Å². The first-order chi connectivity index (χ1) is 8.82. The van der Waals surface area contributed by atoms with Crippen molar-refractivity contribution in [2.75, 3.05) is 0 Å². The number of carbonyl (C=O) groups excluding carboxylic acids is 1. The monoisotopic (exact) mass is 266 g/mol. The molecule has 102 valence electrons. The number of aliphatic carboxylic acids is 1. The van der Waals surface area contributed by atoms with Crippen molar-refractivity contribution in [2.24, 2.45) is 0 Å². The first kappa shape index (κ1) is 14.6. The molecule has 1 aromatic rings. The number of carboxylic acid groups (broad SMARTS) is 1. The molecule has 1 rings (SSSR count). The Labute approximate surface area is 109 Å². The third-order valence-electron chi connectivity index (χ3n) is 2.52. The fraction of sp³-hybridized carbons (Fsp3) is 0.333. The maximum Gasteiger partial charge on any atom is 0.305 e. The molecule has 1 aromatic carbocycles. The van der Waals surface area contributed by atoms with Gasteiger partial charge in [0.25, 0.3) is 11.6 Å². The van der Waals surface area contributed by atoms with Crippen molar-refractivity contribution < 1.29 is 19.6 Å². The SMILES string of the molecule is Cc1cccc(C(=O)NC(C)CC(=O)O)c1[N+](=O)[O-]. The first-order valence-electron chi connectivity index (χ1n) is 5.59. The Bertz CT molecular complexity index is 527. The lowest BCUT2D eigenvalue weighted by molar-refractivity contribution is -0.385. The van der Waals surface area contributed by atoms with Gasteiger partial charge >= 0.3 is 5.97 Å². The van der Waals surface area contributed by atoms with E-state index in [0.29, 0.717) is 5.56 Å². The van der Waals surface area contributed by atoms with Crippen LogP contribution in [0.4, 0.5) is 5.69 Å². The number of para-hydroxylation sites is 1. The molecule has 2 N–H and O–H groups in total. The molecule has 0 spiro atoms. The van der Waals surface area contributed by atoms with Crippen LogP contribution < -0.4 is 5.32 Å². The van der Waals surface area contributed by atoms with Gasteiger partial charge in [0.15, 0.2) is 0 Å². The summed E-state index contributed by atoms with van der Waals surface area (Å²) >= 11 is 0. The summed E-state index contributed by atoms with van der Waals surface area (Å²) in [6.07, 6.45) is -0.245. The van der Waals surface area contributed by atoms with Gasteiger partial charge in [-0.2, -0.15) is 0 Å². The number of nitrogens with one attached hydrogen (secondary N) is 1. The van der Waals surface area contributed by atoms with Crippen LogP contribution >= 0.6 is 0 Å². The molecule has 0 bridgehead atoms. The summed E-state index contributed by atoms with van der Waals surface area (Å²) in [5.41, 5.74) is 0.0494. The first-order valence-corrected chi connectivity index (χ1v) is 5.59. The lowest BCUT2D eigenvalue weighted by Gasteiger charge is -2.12. The summed E-state index contributed by atoms with van der Waals surface area (Å²) in [5, 5.41) is 22.0. The summed E-state index contributed by atoms with van der Waals surface area (Å²) in [4.78, 5) is 32.7. The molecule has 0 aromatic heterocycles. The molecule has 0 saturated heterocycles. The molecule has 0 aliphatic heterocycles. The Balaban J connectivity index is 2.97. The average Bonchev–Trinajstić information content (AvgIpc) is 2.26. The normalized spacial score (nSPS) is 11.7. The Morgan fingerprint density at radius 3 is 2.63 bits per heavy atom. The van der Waals surface area contributed by atoms with Gasteiger partial charge in [-0.05, 0) is 19.9 Å². The van der Waals surface area contributed by atoms with Crippen LogP contribution in [0.15, 0.2) is 18.2 Å². The van der Waals surface area contributed by atoms with E-state index in [2.05, 4.69) is 5.32 Å². The van der Waals surface area contributed by atoms with Crippen LogP contribution in [-0.2, 0) is 4.79 Å². The van der Waals surface area contributed by atoms with Gasteiger partial charge < -0.3 is 10.4 Å². The second-order valence-corrected chi connectivity index (χ2v) is 4.20. The van der Waals surface area contributed by atoms with Crippen molar-refractivity contribution in [3.8, 4) is 0 Å². The van der Waals surface area contributed by atoms with Crippen LogP contribution in [-0.4, -0.2) is 27.9 Å². The van der Waals surface area contributed by atoms with Gasteiger partial charge in [-0.1, -0.05) is 12.1 Å². The molecule has 19 heavy (non-hydrogen) atoms. The molecule has 0 fully saturated rings. The van der Waals surface area contributed by atoms with E-state index in [-0.39, 0.29) is 17.7 Å². The minimum Gasteiger partial charge on any atom is -0.481 e. The second kappa shape index (κ2) is 5.94. The van der Waals surface area contributed by atoms with E-state index in [0.717, 1.165) is 0 Å². The van der Waals surface area contributed by atoms with Crippen molar-refractivity contribution >= 4 is 17.6 Å². The molecular formula is C12H14N2O5. The van der Waals surface area contributed by atoms with Crippen LogP contribution in [0.1, 0.15) is 29.3 Å². The zero-order valence-corrected chi connectivity index (χ0v) is 10.5. The van der Waals surface area contributed by atoms with E-state index in [1.165, 1.54) is 26.0 Å². The predicted molar refractivity (Wildman–Crippen MR) is 67.0 cm³/mol. The average molecular weight is 266 g/mol. The number of amides is 1. The number of nitro groups is 1. The zero-order valence-electron chi connectivity index (χ0n) is 10.5. The zero-order chi connectivity index (χ0) is 14.6. The number of nitrogens with zero attached hydrogens (tertiary/aromatic N) is 1. The summed E-state index contributed by atoms with van der Waals surface area (Å²) in [6, 6.07) is 3.81. The minimum atomic E-state index is -1.05. The number of rotatable bonds is 5. The molecular weight excluding hydrogens is 252 g/mol. The number of hydrogen-bond donors (Lipinski definition) is 2. The summed E-state index contributed by atoms with van der Waals surface area (Å²) < 4.78 is 0. The van der Waals surface area contributed by atoms with Gasteiger partial charge in [0, 0.05) is 11.6 Å². The highest BCUT2D eigenvalue weighted by molar-refractivity contribution is 5.98. The van der Waals surface area contributed by atoms with E-state index < -0.39 is 22.8 Å². The summed E-state index contributed by atoms with van der Waals surface area (Å²) in [7, 11) is 0. The highest BCUT2D eigenvalue weighted by Gasteiger charge is 2.23. The quantitative estimate of drug-likeness (QED) is 0.619. The summed E-state index contributed by atoms with van der Waals surface area (Å²) in [6.45, 7) is 3.06. The van der Waals surface area contributed by atoms with E-state index in [4.69, 9.17) is 5.11 Å². The Morgan fingerprint density at radius 1 is 1.47 bits per heavy atom. The van der Waals surface area contributed by atoms with Gasteiger partial charge in [-0.25, -0.2) is 0 Å². The standard InChI is InChI=1S/C12H14N2O5/c1-7-4-3-5-9(11(7)14(18)19)12(17)13-8(2)6-10(15)16/h3-5,8H,6H2,1-2H3,(H,13,17)(H,15,16). The van der Waals surface area contributed by atoms with E-state index in [9.17, 15) is 19.7 Å². The highest BCUT2D eigenvalue weighted by atomic mass is 16.6. The number of benzene rings is 1. The molecule has 1 atom stereocenters. The number of carbonyl (C=O) groups is 2. The van der Waals surface area contributed by atoms with Gasteiger partial charge in [0.1, 0.15) is 5.56 Å². The molecule has 0 saturated carbocycles. The Kier molecular flexibility index (Phi) is 4.57. The molecule has 1 amide bonds. The van der Waals surface area contributed by atoms with Crippen LogP contribution in [0.3, 0.4) is 0 Å². The van der Waals surface area contributed by atoms with Crippen LogP contribution in [0, 0.1) is 17.0 Å². The fourth-order valence-corrected chi connectivity index (χ4v) is 1.70. The fourth-order valence-electron chi connectivity index (χ4n) is 1.70. The number of carboxylic acids is 1. The van der Waals surface area contributed by atoms with Gasteiger partial charge in [-0.15, -0.1) is 0 Å². The Morgan fingerprint density at radius 2 is 2.11 bits per heavy atom. The lowest BCUT2D eigenvalue weighted by Crippen LogP contribution is -2.34. The van der Waals surface area contributed by atoms with Crippen molar-refractivity contribution in [3.63, 3.8) is 0 Å². The maximum absolute atomic E-state index is 11.9. The minimum absolute atomic E-state index is 0.0674. The number of hydrogen-bond acceptors (Lipinski definition) is 4. The second-order valence-electron chi connectivity index (χ2n) is 4.20. The molecule has 1 unspecified atom stereocenters. The van der Waals surface area contributed by atoms with Crippen molar-refractivity contribution in [3.05, 3.63) is 39.4 Å². The molecule has 7 nitrogen and oxygen atoms in total. The summed E-state index contributed by atoms with van der Waals surface area (Å²) in [5.74, 6) is -1.70. The smallest absolute Gasteiger partial charge is 0.305 e. The largest absolute Gasteiger partial charge is 0.481 e. The van der Waals surface area contributed by atoms with Crippen LogP contribution in [0.2, 0.25) is 0 Å². The molecule has 0 radical (unpaired) electrons. The molecule has 0 heterocycles. The van der Waals surface area contributed by atoms with E-state index >= 15 is 0 Å². The predicted octanol–water partition coefficient (Wildman–Crippen LogP) is 1.50. The number of nitro benzene ring substituents is 1. The third kappa shape index (κ3) is 3.77. The van der Waals surface area contributed by atoms with Crippen LogP contribution in [0.5, 0.6) is 0 Å². The molecule has 0 aliphatic rings. The third-order valence-corrected chi connectivity index (χ3v) is 2.52. The van der Waals surface area contributed by atoms with Crippen molar-refractivity contribution in [1.29, 1.82) is 0 Å². The van der Waals surface area contributed by atoms with E-state index in [1.807, 2.05) is 0 Å². The number of aryl methyl sites for hydroxylation is 1. The lowest BCUT2D eigenvalue weighted by atomic mass is 10.1. The topological polar surface area (TPSA) is 110 Å². The Hall–Kier alpha value is -2.44. The molecule has 0 aliphatic carbocycles. The van der Waals surface area contributed by atoms with E-state index in [1.54, 1.807) is 6.07 Å². The van der Waals surface area contributed by atoms with Gasteiger partial charge in [0.2, 0.25) is 0 Å². The van der Waals surface area contributed by atoms with Crippen LogP contribution in [0.25, 0.3) is 0 Å². The van der Waals surface area contributed by atoms with Crippen molar-refractivity contribution in [1.82, 2.24) is 5.32 Å². The highest BCUT2D eigenvalue weighted by Crippen LogP contribution is 2.22.